The molecule has 76 valence electrons. The Morgan fingerprint density at radius 2 is 2.31 bits per heavy atom. The van der Waals surface area contributed by atoms with E-state index in [2.05, 4.69) is 4.74 Å². The van der Waals surface area contributed by atoms with E-state index in [1.54, 1.807) is 14.1 Å². The summed E-state index contributed by atoms with van der Waals surface area (Å²) in [5.74, 6) is -0.368. The Bertz CT molecular complexity index is 253. The van der Waals surface area contributed by atoms with Crippen molar-refractivity contribution in [1.29, 1.82) is 0 Å². The molecule has 2 atom stereocenters. The third kappa shape index (κ3) is 2.79. The molecule has 0 aliphatic carbocycles. The van der Waals surface area contributed by atoms with Crippen molar-refractivity contribution in [1.82, 2.24) is 0 Å². The third-order valence-electron chi connectivity index (χ3n) is 1.95. The van der Waals surface area contributed by atoms with Gasteiger partial charge in [-0.2, -0.15) is 0 Å². The topological polar surface area (TPSA) is 68.0 Å². The highest BCUT2D eigenvalue weighted by atomic mass is 31.2. The molecule has 0 bridgehead atoms. The molecular formula is C7H15NO4P+. The zero-order valence-electron chi connectivity index (χ0n) is 7.82. The average molecular weight is 208 g/mol. The Morgan fingerprint density at radius 1 is 1.69 bits per heavy atom. The van der Waals surface area contributed by atoms with E-state index in [-0.39, 0.29) is 25.3 Å². The van der Waals surface area contributed by atoms with E-state index in [9.17, 15) is 14.3 Å². The molecule has 0 amide bonds. The van der Waals surface area contributed by atoms with Crippen molar-refractivity contribution in [3.8, 4) is 0 Å². The molecule has 13 heavy (non-hydrogen) atoms. The lowest BCUT2D eigenvalue weighted by molar-refractivity contribution is -0.846. The molecule has 0 saturated carbocycles. The number of hydrogen-bond acceptors (Lipinski definition) is 3. The normalized spacial score (nSPS) is 27.4. The van der Waals surface area contributed by atoms with Crippen molar-refractivity contribution in [3.05, 3.63) is 0 Å². The fourth-order valence-corrected chi connectivity index (χ4v) is 3.25. The maximum Gasteiger partial charge on any atom is 0.306 e. The van der Waals surface area contributed by atoms with E-state index in [1.165, 1.54) is 0 Å². The molecule has 0 radical (unpaired) electrons. The van der Waals surface area contributed by atoms with Crippen LogP contribution in [0.15, 0.2) is 0 Å². The van der Waals surface area contributed by atoms with Crippen LogP contribution in [-0.4, -0.2) is 43.5 Å². The van der Waals surface area contributed by atoms with Gasteiger partial charge in [0.1, 0.15) is 6.61 Å². The lowest BCUT2D eigenvalue weighted by atomic mass is 10.4. The molecule has 5 nitrogen and oxygen atoms in total. The molecule has 1 aliphatic rings. The number of nitrogens with one attached hydrogen (secondary N) is 1. The molecule has 0 aromatic rings. The second-order valence-corrected chi connectivity index (χ2v) is 6.22. The zero-order chi connectivity index (χ0) is 10.1. The monoisotopic (exact) mass is 208 g/mol. The SMILES string of the molecule is C[NH+](C)CP(=O)(O)[C@H]1COC(=O)C1. The van der Waals surface area contributed by atoms with Gasteiger partial charge in [-0.1, -0.05) is 0 Å². The van der Waals surface area contributed by atoms with Crippen LogP contribution in [-0.2, 0) is 14.1 Å². The van der Waals surface area contributed by atoms with Gasteiger partial charge in [-0.3, -0.25) is 9.36 Å². The summed E-state index contributed by atoms with van der Waals surface area (Å²) in [6.07, 6.45) is 0.273. The van der Waals surface area contributed by atoms with Crippen LogP contribution in [0.5, 0.6) is 0 Å². The Labute approximate surface area is 77.1 Å². The largest absolute Gasteiger partial charge is 0.465 e. The van der Waals surface area contributed by atoms with Gasteiger partial charge in [-0.25, -0.2) is 0 Å². The van der Waals surface area contributed by atoms with Crippen LogP contribution in [0.3, 0.4) is 0 Å². The van der Waals surface area contributed by atoms with E-state index in [0.29, 0.717) is 0 Å². The van der Waals surface area contributed by atoms with Crippen molar-refractivity contribution in [3.63, 3.8) is 0 Å². The number of quaternary nitrogens is 1. The van der Waals surface area contributed by atoms with Crippen LogP contribution in [0.1, 0.15) is 6.42 Å². The number of rotatable bonds is 3. The molecule has 1 rings (SSSR count). The maximum absolute atomic E-state index is 11.7. The third-order valence-corrected chi connectivity index (χ3v) is 4.51. The number of carbonyl (C=O) groups excluding carboxylic acids is 1. The molecule has 0 aromatic heterocycles. The van der Waals surface area contributed by atoms with Crippen molar-refractivity contribution in [2.45, 2.75) is 12.1 Å². The van der Waals surface area contributed by atoms with Gasteiger partial charge >= 0.3 is 5.97 Å². The summed E-state index contributed by atoms with van der Waals surface area (Å²) >= 11 is 0. The highest BCUT2D eigenvalue weighted by molar-refractivity contribution is 7.58. The number of ether oxygens (including phenoxy) is 1. The highest BCUT2D eigenvalue weighted by Crippen LogP contribution is 2.47. The van der Waals surface area contributed by atoms with Crippen LogP contribution < -0.4 is 4.90 Å². The Balaban J connectivity index is 2.59. The maximum atomic E-state index is 11.7. The van der Waals surface area contributed by atoms with Gasteiger partial charge in [0.2, 0.25) is 0 Å². The van der Waals surface area contributed by atoms with E-state index in [4.69, 9.17) is 0 Å². The number of esters is 1. The Hall–Kier alpha value is -0.380. The summed E-state index contributed by atoms with van der Waals surface area (Å²) < 4.78 is 16.3. The number of hydrogen-bond donors (Lipinski definition) is 2. The van der Waals surface area contributed by atoms with Crippen molar-refractivity contribution in [2.75, 3.05) is 27.0 Å². The van der Waals surface area contributed by atoms with E-state index in [1.807, 2.05) is 0 Å². The first kappa shape index (κ1) is 10.7. The fourth-order valence-electron chi connectivity index (χ4n) is 1.34. The van der Waals surface area contributed by atoms with E-state index in [0.717, 1.165) is 4.90 Å². The predicted molar refractivity (Wildman–Crippen MR) is 46.9 cm³/mol. The van der Waals surface area contributed by atoms with Gasteiger partial charge in [-0.15, -0.1) is 0 Å². The van der Waals surface area contributed by atoms with Crippen LogP contribution in [0.25, 0.3) is 0 Å². The van der Waals surface area contributed by atoms with Gasteiger partial charge in [-0.05, 0) is 0 Å². The van der Waals surface area contributed by atoms with Crippen LogP contribution in [0.4, 0.5) is 0 Å². The lowest BCUT2D eigenvalue weighted by Crippen LogP contribution is -3.05. The smallest absolute Gasteiger partial charge is 0.306 e. The van der Waals surface area contributed by atoms with Crippen LogP contribution in [0, 0.1) is 0 Å². The summed E-state index contributed by atoms with van der Waals surface area (Å²) in [5, 5.41) is 0. The summed E-state index contributed by atoms with van der Waals surface area (Å²) in [6.45, 7) is 0.0971. The highest BCUT2D eigenvalue weighted by Gasteiger charge is 2.40. The fraction of sp³-hybridized carbons (Fsp3) is 0.857. The predicted octanol–water partition coefficient (Wildman–Crippen LogP) is -1.33. The van der Waals surface area contributed by atoms with Crippen molar-refractivity contribution < 1.29 is 23.9 Å². The minimum absolute atomic E-state index is 0.0844. The molecule has 1 saturated heterocycles. The van der Waals surface area contributed by atoms with Gasteiger partial charge in [0.25, 0.3) is 7.37 Å². The molecule has 0 aromatic carbocycles. The minimum Gasteiger partial charge on any atom is -0.465 e. The van der Waals surface area contributed by atoms with Crippen molar-refractivity contribution in [2.24, 2.45) is 0 Å². The summed E-state index contributed by atoms with van der Waals surface area (Å²) in [4.78, 5) is 21.2. The summed E-state index contributed by atoms with van der Waals surface area (Å²) in [7, 11) is 0.396. The lowest BCUT2D eigenvalue weighted by Gasteiger charge is -2.17. The van der Waals surface area contributed by atoms with Gasteiger partial charge < -0.3 is 14.5 Å². The van der Waals surface area contributed by atoms with E-state index >= 15 is 0 Å². The van der Waals surface area contributed by atoms with Crippen molar-refractivity contribution >= 4 is 13.3 Å². The summed E-state index contributed by atoms with van der Waals surface area (Å²) in [5.41, 5.74) is -0.491. The molecule has 2 N–H and O–H groups in total. The molecule has 1 aliphatic heterocycles. The Morgan fingerprint density at radius 3 is 2.69 bits per heavy atom. The Kier molecular flexibility index (Phi) is 3.11. The number of carbonyl (C=O) groups is 1. The van der Waals surface area contributed by atoms with Gasteiger partial charge in [0.15, 0.2) is 6.29 Å². The first-order valence-electron chi connectivity index (χ1n) is 4.18. The molecule has 6 heteroatoms. The molecular weight excluding hydrogens is 193 g/mol. The second kappa shape index (κ2) is 3.78. The molecule has 0 spiro atoms. The molecule has 1 heterocycles. The zero-order valence-corrected chi connectivity index (χ0v) is 8.71. The number of cyclic esters (lactones) is 1. The molecule has 1 fully saturated rings. The second-order valence-electron chi connectivity index (χ2n) is 3.66. The van der Waals surface area contributed by atoms with E-state index < -0.39 is 13.0 Å². The van der Waals surface area contributed by atoms with Gasteiger partial charge in [0, 0.05) is 0 Å². The first-order valence-corrected chi connectivity index (χ1v) is 6.09. The average Bonchev–Trinajstić information content (AvgIpc) is 2.32. The first-order chi connectivity index (χ1) is 5.92. The van der Waals surface area contributed by atoms with Crippen LogP contribution >= 0.6 is 7.37 Å². The van der Waals surface area contributed by atoms with Crippen LogP contribution in [0.2, 0.25) is 0 Å². The quantitative estimate of drug-likeness (QED) is 0.445. The minimum atomic E-state index is -3.22. The summed E-state index contributed by atoms with van der Waals surface area (Å²) in [6, 6.07) is 0. The standard InChI is InChI=1S/C7H14NO4P/c1-8(2)5-13(10,11)6-3-7(9)12-4-6/h6H,3-5H2,1-2H3,(H,10,11)/p+1/t6-/m1/s1. The van der Waals surface area contributed by atoms with Gasteiger partial charge in [0.05, 0.1) is 26.2 Å². The molecule has 1 unspecified atom stereocenters.